The fraction of sp³-hybridized carbons (Fsp3) is 0.600. The lowest BCUT2D eigenvalue weighted by Crippen LogP contribution is -2.41. The van der Waals surface area contributed by atoms with Crippen LogP contribution in [0.1, 0.15) is 39.3 Å². The fourth-order valence-corrected chi connectivity index (χ4v) is 4.04. The van der Waals surface area contributed by atoms with Crippen LogP contribution in [0.5, 0.6) is 0 Å². The number of halogens is 2. The fourth-order valence-electron chi connectivity index (χ4n) is 3.51. The van der Waals surface area contributed by atoms with Crippen LogP contribution < -0.4 is 0 Å². The summed E-state index contributed by atoms with van der Waals surface area (Å²) in [5.74, 6) is 0.489. The molecule has 2 aromatic heterocycles. The molecular formula is C20H28Cl2N4O2. The minimum atomic E-state index is -0.462. The van der Waals surface area contributed by atoms with E-state index in [9.17, 15) is 4.79 Å². The van der Waals surface area contributed by atoms with Gasteiger partial charge in [0, 0.05) is 32.5 Å². The average Bonchev–Trinajstić information content (AvgIpc) is 2.97. The SMILES string of the molecule is CN(CC1CCN(Cc2cn3cc(Cl)cc(Cl)c3n2)CC1)C(=O)OC(C)(C)C. The van der Waals surface area contributed by atoms with E-state index in [1.165, 1.54) is 0 Å². The number of hydrogen-bond acceptors (Lipinski definition) is 4. The monoisotopic (exact) mass is 426 g/mol. The standard InChI is InChI=1S/C20H28Cl2N4O2/c1-20(2,3)28-19(27)24(4)10-14-5-7-25(8-6-14)12-16-13-26-11-15(21)9-17(22)18(26)23-16/h9,11,13-14H,5-8,10,12H2,1-4H3. The number of aromatic nitrogens is 2. The molecule has 0 spiro atoms. The zero-order valence-electron chi connectivity index (χ0n) is 16.9. The zero-order valence-corrected chi connectivity index (χ0v) is 18.4. The Kier molecular flexibility index (Phi) is 6.42. The predicted molar refractivity (Wildman–Crippen MR) is 112 cm³/mol. The summed E-state index contributed by atoms with van der Waals surface area (Å²) in [6.07, 6.45) is 5.64. The Bertz CT molecular complexity index is 839. The van der Waals surface area contributed by atoms with Gasteiger partial charge in [0.05, 0.1) is 15.7 Å². The lowest BCUT2D eigenvalue weighted by Gasteiger charge is -2.34. The first-order chi connectivity index (χ1) is 13.1. The van der Waals surface area contributed by atoms with E-state index in [0.29, 0.717) is 16.0 Å². The van der Waals surface area contributed by atoms with Gasteiger partial charge in [-0.25, -0.2) is 9.78 Å². The van der Waals surface area contributed by atoms with Gasteiger partial charge in [-0.05, 0) is 58.7 Å². The van der Waals surface area contributed by atoms with Crippen LogP contribution in [0.25, 0.3) is 5.65 Å². The second kappa shape index (κ2) is 8.47. The molecule has 154 valence electrons. The highest BCUT2D eigenvalue weighted by Crippen LogP contribution is 2.24. The second-order valence-corrected chi connectivity index (χ2v) is 9.39. The largest absolute Gasteiger partial charge is 0.444 e. The minimum absolute atomic E-state index is 0.254. The summed E-state index contributed by atoms with van der Waals surface area (Å²) in [6.45, 7) is 9.13. The summed E-state index contributed by atoms with van der Waals surface area (Å²) >= 11 is 12.3. The van der Waals surface area contributed by atoms with Crippen LogP contribution in [0.2, 0.25) is 10.0 Å². The first-order valence-corrected chi connectivity index (χ1v) is 10.4. The highest BCUT2D eigenvalue weighted by molar-refractivity contribution is 6.36. The summed E-state index contributed by atoms with van der Waals surface area (Å²) in [4.78, 5) is 20.9. The third-order valence-corrected chi connectivity index (χ3v) is 5.34. The molecule has 6 nitrogen and oxygen atoms in total. The van der Waals surface area contributed by atoms with Gasteiger partial charge in [0.15, 0.2) is 5.65 Å². The molecule has 8 heteroatoms. The van der Waals surface area contributed by atoms with Gasteiger partial charge in [-0.3, -0.25) is 4.90 Å². The van der Waals surface area contributed by atoms with E-state index in [0.717, 1.165) is 50.4 Å². The molecule has 1 fully saturated rings. The molecule has 1 aliphatic rings. The highest BCUT2D eigenvalue weighted by atomic mass is 35.5. The molecule has 0 aromatic carbocycles. The van der Waals surface area contributed by atoms with E-state index < -0.39 is 5.60 Å². The molecule has 0 radical (unpaired) electrons. The van der Waals surface area contributed by atoms with Crippen molar-refractivity contribution in [3.8, 4) is 0 Å². The molecule has 2 aromatic rings. The van der Waals surface area contributed by atoms with Crippen molar-refractivity contribution < 1.29 is 9.53 Å². The van der Waals surface area contributed by atoms with Crippen molar-refractivity contribution in [3.05, 3.63) is 34.2 Å². The summed E-state index contributed by atoms with van der Waals surface area (Å²) in [6, 6.07) is 1.71. The van der Waals surface area contributed by atoms with Crippen molar-refractivity contribution in [2.24, 2.45) is 5.92 Å². The number of fused-ring (bicyclic) bond motifs is 1. The number of nitrogens with zero attached hydrogens (tertiary/aromatic N) is 4. The van der Waals surface area contributed by atoms with Crippen LogP contribution in [0.3, 0.4) is 0 Å². The smallest absolute Gasteiger partial charge is 0.410 e. The van der Waals surface area contributed by atoms with Gasteiger partial charge in [0.25, 0.3) is 0 Å². The maximum Gasteiger partial charge on any atom is 0.410 e. The predicted octanol–water partition coefficient (Wildman–Crippen LogP) is 4.72. The van der Waals surface area contributed by atoms with E-state index in [1.54, 1.807) is 11.0 Å². The van der Waals surface area contributed by atoms with Crippen LogP contribution in [-0.4, -0.2) is 57.6 Å². The quantitative estimate of drug-likeness (QED) is 0.709. The van der Waals surface area contributed by atoms with Crippen LogP contribution >= 0.6 is 23.2 Å². The molecule has 1 aliphatic heterocycles. The molecule has 0 unspecified atom stereocenters. The van der Waals surface area contributed by atoms with E-state index >= 15 is 0 Å². The number of piperidine rings is 1. The minimum Gasteiger partial charge on any atom is -0.444 e. The summed E-state index contributed by atoms with van der Waals surface area (Å²) in [5.41, 5.74) is 1.25. The lowest BCUT2D eigenvalue weighted by atomic mass is 9.96. The Morgan fingerprint density at radius 1 is 1.29 bits per heavy atom. The molecule has 0 saturated carbocycles. The van der Waals surface area contributed by atoms with Gasteiger partial charge in [-0.15, -0.1) is 0 Å². The van der Waals surface area contributed by atoms with Gasteiger partial charge < -0.3 is 14.0 Å². The van der Waals surface area contributed by atoms with Crippen molar-refractivity contribution >= 4 is 34.9 Å². The number of amides is 1. The molecule has 3 rings (SSSR count). The first kappa shape index (κ1) is 21.2. The maximum atomic E-state index is 12.1. The van der Waals surface area contributed by atoms with Crippen molar-refractivity contribution in [1.29, 1.82) is 0 Å². The van der Waals surface area contributed by atoms with Crippen molar-refractivity contribution in [2.75, 3.05) is 26.7 Å². The van der Waals surface area contributed by atoms with E-state index in [-0.39, 0.29) is 6.09 Å². The average molecular weight is 427 g/mol. The van der Waals surface area contributed by atoms with Crippen molar-refractivity contribution in [1.82, 2.24) is 19.2 Å². The molecule has 1 amide bonds. The molecular weight excluding hydrogens is 399 g/mol. The van der Waals surface area contributed by atoms with Gasteiger partial charge in [-0.1, -0.05) is 23.2 Å². The Morgan fingerprint density at radius 2 is 1.96 bits per heavy atom. The highest BCUT2D eigenvalue weighted by Gasteiger charge is 2.25. The molecule has 0 bridgehead atoms. The van der Waals surface area contributed by atoms with Crippen LogP contribution in [-0.2, 0) is 11.3 Å². The van der Waals surface area contributed by atoms with E-state index in [4.69, 9.17) is 27.9 Å². The van der Waals surface area contributed by atoms with Crippen LogP contribution in [0, 0.1) is 5.92 Å². The van der Waals surface area contributed by atoms with Crippen molar-refractivity contribution in [3.63, 3.8) is 0 Å². The molecule has 0 aliphatic carbocycles. The number of hydrogen-bond donors (Lipinski definition) is 0. The molecule has 28 heavy (non-hydrogen) atoms. The normalized spacial score (nSPS) is 16.5. The van der Waals surface area contributed by atoms with Crippen LogP contribution in [0.4, 0.5) is 4.79 Å². The summed E-state index contributed by atoms with van der Waals surface area (Å²) in [5, 5.41) is 1.15. The zero-order chi connectivity index (χ0) is 20.5. The Morgan fingerprint density at radius 3 is 2.61 bits per heavy atom. The Labute approximate surface area is 176 Å². The Hall–Kier alpha value is -1.50. The summed E-state index contributed by atoms with van der Waals surface area (Å²) < 4.78 is 7.31. The first-order valence-electron chi connectivity index (χ1n) is 9.60. The number of carbonyl (C=O) groups excluding carboxylic acids is 1. The third kappa shape index (κ3) is 5.52. The number of rotatable bonds is 4. The second-order valence-electron chi connectivity index (χ2n) is 8.55. The van der Waals surface area contributed by atoms with Crippen LogP contribution in [0.15, 0.2) is 18.5 Å². The number of pyridine rings is 1. The molecule has 1 saturated heterocycles. The van der Waals surface area contributed by atoms with Gasteiger partial charge >= 0.3 is 6.09 Å². The topological polar surface area (TPSA) is 50.1 Å². The lowest BCUT2D eigenvalue weighted by molar-refractivity contribution is 0.0248. The van der Waals surface area contributed by atoms with Gasteiger partial charge in [-0.2, -0.15) is 0 Å². The number of imidazole rings is 1. The van der Waals surface area contributed by atoms with E-state index in [1.807, 2.05) is 44.6 Å². The van der Waals surface area contributed by atoms with E-state index in [2.05, 4.69) is 9.88 Å². The van der Waals surface area contributed by atoms with Gasteiger partial charge in [0.2, 0.25) is 0 Å². The number of ether oxygens (including phenoxy) is 1. The molecule has 3 heterocycles. The summed E-state index contributed by atoms with van der Waals surface area (Å²) in [7, 11) is 1.81. The Balaban J connectivity index is 1.50. The molecule has 0 N–H and O–H groups in total. The molecule has 0 atom stereocenters. The number of carbonyl (C=O) groups is 1. The maximum absolute atomic E-state index is 12.1. The number of likely N-dealkylation sites (tertiary alicyclic amines) is 1. The van der Waals surface area contributed by atoms with Crippen molar-refractivity contribution in [2.45, 2.75) is 45.8 Å². The van der Waals surface area contributed by atoms with Gasteiger partial charge in [0.1, 0.15) is 5.60 Å². The third-order valence-electron chi connectivity index (χ3n) is 4.85.